The van der Waals surface area contributed by atoms with Crippen molar-refractivity contribution >= 4 is 27.7 Å². The van der Waals surface area contributed by atoms with Gasteiger partial charge in [0, 0.05) is 22.8 Å². The Hall–Kier alpha value is -1.47. The van der Waals surface area contributed by atoms with Gasteiger partial charge in [0.15, 0.2) is 5.69 Å². The monoisotopic (exact) mass is 326 g/mol. The number of carboxylic acid groups (broad SMARTS) is 1. The molecule has 102 valence electrons. The molecule has 7 heteroatoms. The van der Waals surface area contributed by atoms with Crippen LogP contribution in [0.5, 0.6) is 0 Å². The molecule has 0 saturated heterocycles. The van der Waals surface area contributed by atoms with Gasteiger partial charge in [-0.1, -0.05) is 0 Å². The van der Waals surface area contributed by atoms with Crippen LogP contribution < -0.4 is 5.73 Å². The molecule has 1 aliphatic heterocycles. The lowest BCUT2D eigenvalue weighted by Gasteiger charge is -2.36. The van der Waals surface area contributed by atoms with Gasteiger partial charge in [0.05, 0.1) is 12.1 Å². The van der Waals surface area contributed by atoms with E-state index >= 15 is 0 Å². The van der Waals surface area contributed by atoms with E-state index in [1.54, 1.807) is 6.07 Å². The molecule has 0 aliphatic carbocycles. The summed E-state index contributed by atoms with van der Waals surface area (Å²) < 4.78 is 0.718. The molecule has 1 atom stereocenters. The van der Waals surface area contributed by atoms with Crippen molar-refractivity contribution < 1.29 is 9.90 Å². The number of hydrogen-bond donors (Lipinski definition) is 2. The van der Waals surface area contributed by atoms with Gasteiger partial charge < -0.3 is 10.8 Å². The summed E-state index contributed by atoms with van der Waals surface area (Å²) in [6.45, 7) is 3.04. The van der Waals surface area contributed by atoms with Crippen molar-refractivity contribution in [3.05, 3.63) is 28.0 Å². The number of pyridine rings is 1. The normalized spacial score (nSPS) is 24.1. The number of aromatic carboxylic acids is 1. The molecule has 0 bridgehead atoms. The number of rotatable bonds is 2. The van der Waals surface area contributed by atoms with Crippen LogP contribution in [0.25, 0.3) is 0 Å². The third-order valence-electron chi connectivity index (χ3n) is 3.04. The van der Waals surface area contributed by atoms with Crippen molar-refractivity contribution in [2.75, 3.05) is 20.1 Å². The summed E-state index contributed by atoms with van der Waals surface area (Å²) in [5, 5.41) is 9.26. The van der Waals surface area contributed by atoms with Crippen molar-refractivity contribution in [1.29, 1.82) is 0 Å². The van der Waals surface area contributed by atoms with Crippen molar-refractivity contribution in [2.45, 2.75) is 12.5 Å². The number of carbonyl (C=O) groups is 1. The zero-order chi connectivity index (χ0) is 14.2. The van der Waals surface area contributed by atoms with Crippen molar-refractivity contribution in [3.63, 3.8) is 0 Å². The smallest absolute Gasteiger partial charge is 0.354 e. The molecule has 3 N–H and O–H groups in total. The zero-order valence-corrected chi connectivity index (χ0v) is 12.3. The number of carboxylic acids is 1. The van der Waals surface area contributed by atoms with Gasteiger partial charge in [-0.2, -0.15) is 0 Å². The van der Waals surface area contributed by atoms with E-state index in [1.165, 1.54) is 6.20 Å². The van der Waals surface area contributed by atoms with Crippen LogP contribution in [-0.2, 0) is 5.54 Å². The first-order valence-corrected chi connectivity index (χ1v) is 6.53. The topological polar surface area (TPSA) is 91.8 Å². The largest absolute Gasteiger partial charge is 0.477 e. The summed E-state index contributed by atoms with van der Waals surface area (Å²) in [7, 11) is 1.92. The van der Waals surface area contributed by atoms with Crippen molar-refractivity contribution in [3.8, 4) is 0 Å². The highest BCUT2D eigenvalue weighted by Gasteiger charge is 2.35. The molecular weight excluding hydrogens is 312 g/mol. The minimum absolute atomic E-state index is 0.0116. The molecule has 0 fully saturated rings. The summed E-state index contributed by atoms with van der Waals surface area (Å²) in [5.41, 5.74) is 5.70. The number of nitrogens with two attached hydrogens (primary N) is 1. The molecular formula is C12H15BrN4O2. The molecule has 1 aromatic rings. The summed E-state index contributed by atoms with van der Waals surface area (Å²) in [4.78, 5) is 21.7. The number of nitrogens with zero attached hydrogens (tertiary/aromatic N) is 3. The van der Waals surface area contributed by atoms with E-state index < -0.39 is 11.5 Å². The molecule has 0 amide bonds. The predicted octanol–water partition coefficient (Wildman–Crippen LogP) is 1.06. The molecule has 19 heavy (non-hydrogen) atoms. The molecule has 2 rings (SSSR count). The third kappa shape index (κ3) is 2.76. The van der Waals surface area contributed by atoms with Crippen LogP contribution in [0.15, 0.2) is 21.7 Å². The highest BCUT2D eigenvalue weighted by molar-refractivity contribution is 9.10. The average molecular weight is 327 g/mol. The Bertz CT molecular complexity index is 561. The molecule has 0 radical (unpaired) electrons. The molecule has 1 unspecified atom stereocenters. The van der Waals surface area contributed by atoms with E-state index in [9.17, 15) is 9.90 Å². The lowest BCUT2D eigenvalue weighted by Crippen LogP contribution is -2.47. The van der Waals surface area contributed by atoms with E-state index in [0.29, 0.717) is 24.5 Å². The van der Waals surface area contributed by atoms with Crippen LogP contribution in [0, 0.1) is 0 Å². The number of halogens is 1. The Morgan fingerprint density at radius 2 is 2.32 bits per heavy atom. The van der Waals surface area contributed by atoms with Gasteiger partial charge in [-0.15, -0.1) is 0 Å². The second kappa shape index (κ2) is 4.90. The van der Waals surface area contributed by atoms with Crippen LogP contribution in [-0.4, -0.2) is 46.9 Å². The Balaban J connectivity index is 2.59. The van der Waals surface area contributed by atoms with Gasteiger partial charge in [0.1, 0.15) is 5.84 Å². The average Bonchev–Trinajstić information content (AvgIpc) is 2.26. The molecule has 1 aliphatic rings. The van der Waals surface area contributed by atoms with Crippen LogP contribution in [0.1, 0.15) is 23.0 Å². The van der Waals surface area contributed by atoms with Crippen LogP contribution in [0.2, 0.25) is 0 Å². The fraction of sp³-hybridized carbons (Fsp3) is 0.417. The fourth-order valence-electron chi connectivity index (χ4n) is 2.41. The van der Waals surface area contributed by atoms with E-state index in [2.05, 4.69) is 25.9 Å². The number of amidine groups is 1. The number of aliphatic imine (C=N–C) groups is 1. The van der Waals surface area contributed by atoms with E-state index in [1.807, 2.05) is 18.9 Å². The number of hydrogen-bond acceptors (Lipinski definition) is 5. The SMILES string of the molecule is CN1CC(N)=NC(C)(c2cc(Br)cnc2C(=O)O)C1. The second-order valence-corrected chi connectivity index (χ2v) is 5.82. The standard InChI is InChI=1S/C12H15BrN4O2/c1-12(6-17(2)5-9(14)16-12)8-3-7(13)4-15-10(8)11(18)19/h3-4H,5-6H2,1-2H3,(H2,14,16)(H,18,19). The maximum Gasteiger partial charge on any atom is 0.354 e. The fourth-order valence-corrected chi connectivity index (χ4v) is 2.74. The Morgan fingerprint density at radius 1 is 1.63 bits per heavy atom. The molecule has 0 spiro atoms. The number of likely N-dealkylation sites (N-methyl/N-ethyl adjacent to an activating group) is 1. The summed E-state index contributed by atoms with van der Waals surface area (Å²) in [5.74, 6) is -0.571. The van der Waals surface area contributed by atoms with E-state index in [-0.39, 0.29) is 5.69 Å². The maximum absolute atomic E-state index is 11.3. The maximum atomic E-state index is 11.3. The summed E-state index contributed by atoms with van der Waals surface area (Å²) in [6.07, 6.45) is 1.47. The van der Waals surface area contributed by atoms with Gasteiger partial charge in [-0.05, 0) is 36.0 Å². The van der Waals surface area contributed by atoms with Crippen molar-refractivity contribution in [2.24, 2.45) is 10.7 Å². The van der Waals surface area contributed by atoms with Gasteiger partial charge in [0.25, 0.3) is 0 Å². The Labute approximate surface area is 119 Å². The molecule has 2 heterocycles. The van der Waals surface area contributed by atoms with Gasteiger partial charge >= 0.3 is 5.97 Å². The summed E-state index contributed by atoms with van der Waals surface area (Å²) in [6, 6.07) is 1.74. The predicted molar refractivity (Wildman–Crippen MR) is 75.4 cm³/mol. The zero-order valence-electron chi connectivity index (χ0n) is 10.7. The van der Waals surface area contributed by atoms with Crippen LogP contribution in [0.4, 0.5) is 0 Å². The van der Waals surface area contributed by atoms with E-state index in [4.69, 9.17) is 5.73 Å². The first-order chi connectivity index (χ1) is 8.82. The quantitative estimate of drug-likeness (QED) is 0.847. The highest BCUT2D eigenvalue weighted by atomic mass is 79.9. The van der Waals surface area contributed by atoms with E-state index in [0.717, 1.165) is 4.47 Å². The lowest BCUT2D eigenvalue weighted by atomic mass is 9.89. The minimum atomic E-state index is -1.06. The lowest BCUT2D eigenvalue weighted by molar-refractivity contribution is 0.0686. The molecule has 6 nitrogen and oxygen atoms in total. The van der Waals surface area contributed by atoms with Gasteiger partial charge in [-0.3, -0.25) is 9.89 Å². The highest BCUT2D eigenvalue weighted by Crippen LogP contribution is 2.32. The third-order valence-corrected chi connectivity index (χ3v) is 3.47. The Morgan fingerprint density at radius 3 is 2.89 bits per heavy atom. The van der Waals surface area contributed by atoms with Crippen LogP contribution >= 0.6 is 15.9 Å². The first kappa shape index (κ1) is 14.0. The molecule has 1 aromatic heterocycles. The van der Waals surface area contributed by atoms with Gasteiger partial charge in [0.2, 0.25) is 0 Å². The summed E-state index contributed by atoms with van der Waals surface area (Å²) >= 11 is 3.32. The number of aromatic nitrogens is 1. The Kier molecular flexibility index (Phi) is 3.60. The van der Waals surface area contributed by atoms with Gasteiger partial charge in [-0.25, -0.2) is 9.78 Å². The second-order valence-electron chi connectivity index (χ2n) is 4.90. The van der Waals surface area contributed by atoms with Crippen molar-refractivity contribution in [1.82, 2.24) is 9.88 Å². The van der Waals surface area contributed by atoms with Crippen LogP contribution in [0.3, 0.4) is 0 Å². The first-order valence-electron chi connectivity index (χ1n) is 5.74. The molecule has 0 saturated carbocycles. The minimum Gasteiger partial charge on any atom is -0.477 e. The molecule has 0 aromatic carbocycles.